The highest BCUT2D eigenvalue weighted by molar-refractivity contribution is 7.98. The summed E-state index contributed by atoms with van der Waals surface area (Å²) in [6.45, 7) is 0. The number of para-hydroxylation sites is 1. The molecule has 0 amide bonds. The first-order chi connectivity index (χ1) is 12.7. The van der Waals surface area contributed by atoms with Crippen LogP contribution in [0.25, 0.3) is 10.9 Å². The van der Waals surface area contributed by atoms with E-state index in [1.807, 2.05) is 12.1 Å². The number of thioether (sulfide) groups is 1. The minimum absolute atomic E-state index is 0.272. The standard InChI is InChI=1S/C22H23NO2S/c24-22(25)12-3-1-2-7-17-8-6-10-20(15-17)26-16-19-14-13-18-9-4-5-11-21(18)23-19/h4-6,8-11,13-15H,1-3,7,12,16H2,(H,24,25). The maximum atomic E-state index is 10.5. The Morgan fingerprint density at radius 2 is 1.85 bits per heavy atom. The van der Waals surface area contributed by atoms with E-state index >= 15 is 0 Å². The molecule has 0 spiro atoms. The highest BCUT2D eigenvalue weighted by atomic mass is 32.2. The number of carboxylic acid groups (broad SMARTS) is 1. The van der Waals surface area contributed by atoms with Crippen LogP contribution in [0.4, 0.5) is 0 Å². The van der Waals surface area contributed by atoms with Gasteiger partial charge in [-0.2, -0.15) is 0 Å². The molecule has 0 atom stereocenters. The van der Waals surface area contributed by atoms with Crippen LogP contribution in [0.2, 0.25) is 0 Å². The van der Waals surface area contributed by atoms with E-state index in [1.54, 1.807) is 11.8 Å². The van der Waals surface area contributed by atoms with Crippen molar-refractivity contribution in [2.24, 2.45) is 0 Å². The van der Waals surface area contributed by atoms with Crippen LogP contribution in [0.5, 0.6) is 0 Å². The van der Waals surface area contributed by atoms with E-state index in [9.17, 15) is 4.79 Å². The van der Waals surface area contributed by atoms with Crippen LogP contribution in [-0.4, -0.2) is 16.1 Å². The Morgan fingerprint density at radius 1 is 0.962 bits per heavy atom. The highest BCUT2D eigenvalue weighted by Crippen LogP contribution is 2.24. The predicted octanol–water partition coefficient (Wildman–Crippen LogP) is 5.71. The molecule has 0 saturated heterocycles. The number of aliphatic carboxylic acids is 1. The summed E-state index contributed by atoms with van der Waals surface area (Å²) in [6, 6.07) is 21.0. The zero-order valence-electron chi connectivity index (χ0n) is 14.7. The number of rotatable bonds is 9. The predicted molar refractivity (Wildman–Crippen MR) is 108 cm³/mol. The quantitative estimate of drug-likeness (QED) is 0.389. The Morgan fingerprint density at radius 3 is 2.73 bits per heavy atom. The van der Waals surface area contributed by atoms with Crippen molar-refractivity contribution in [3.8, 4) is 0 Å². The Bertz CT molecular complexity index is 879. The third-order valence-corrected chi connectivity index (χ3v) is 5.32. The van der Waals surface area contributed by atoms with Gasteiger partial charge in [-0.1, -0.05) is 42.8 Å². The van der Waals surface area contributed by atoms with Crippen molar-refractivity contribution in [2.75, 3.05) is 0 Å². The smallest absolute Gasteiger partial charge is 0.303 e. The van der Waals surface area contributed by atoms with Crippen LogP contribution in [0.15, 0.2) is 65.6 Å². The van der Waals surface area contributed by atoms with E-state index in [0.29, 0.717) is 0 Å². The van der Waals surface area contributed by atoms with Crippen molar-refractivity contribution in [1.82, 2.24) is 4.98 Å². The zero-order chi connectivity index (χ0) is 18.2. The summed E-state index contributed by atoms with van der Waals surface area (Å²) in [7, 11) is 0. The molecule has 0 radical (unpaired) electrons. The molecule has 1 N–H and O–H groups in total. The summed E-state index contributed by atoms with van der Waals surface area (Å²) in [5, 5.41) is 9.84. The van der Waals surface area contributed by atoms with Gasteiger partial charge < -0.3 is 5.11 Å². The number of benzene rings is 2. The van der Waals surface area contributed by atoms with Crippen molar-refractivity contribution < 1.29 is 9.90 Å². The molecule has 0 saturated carbocycles. The molecule has 0 aliphatic heterocycles. The number of hydrogen-bond donors (Lipinski definition) is 1. The lowest BCUT2D eigenvalue weighted by Gasteiger charge is -2.06. The van der Waals surface area contributed by atoms with Crippen molar-refractivity contribution in [1.29, 1.82) is 0 Å². The van der Waals surface area contributed by atoms with E-state index in [4.69, 9.17) is 10.1 Å². The minimum atomic E-state index is -0.703. The monoisotopic (exact) mass is 365 g/mol. The number of aryl methyl sites for hydroxylation is 1. The van der Waals surface area contributed by atoms with Gasteiger partial charge in [0.05, 0.1) is 11.2 Å². The Balaban J connectivity index is 1.52. The van der Waals surface area contributed by atoms with Gasteiger partial charge in [-0.25, -0.2) is 0 Å². The van der Waals surface area contributed by atoms with Gasteiger partial charge in [0.15, 0.2) is 0 Å². The Hall–Kier alpha value is -2.33. The summed E-state index contributed by atoms with van der Waals surface area (Å²) in [5.41, 5.74) is 3.45. The van der Waals surface area contributed by atoms with Crippen LogP contribution in [0.1, 0.15) is 36.9 Å². The lowest BCUT2D eigenvalue weighted by molar-refractivity contribution is -0.137. The summed E-state index contributed by atoms with van der Waals surface area (Å²) in [6.07, 6.45) is 4.03. The van der Waals surface area contributed by atoms with E-state index in [2.05, 4.69) is 48.5 Å². The maximum absolute atomic E-state index is 10.5. The Kier molecular flexibility index (Phi) is 6.67. The second-order valence-corrected chi connectivity index (χ2v) is 7.43. The summed E-state index contributed by atoms with van der Waals surface area (Å²) in [4.78, 5) is 16.5. The van der Waals surface area contributed by atoms with Gasteiger partial charge in [0.25, 0.3) is 0 Å². The van der Waals surface area contributed by atoms with Gasteiger partial charge in [0.2, 0.25) is 0 Å². The first kappa shape index (κ1) is 18.5. The lowest BCUT2D eigenvalue weighted by Crippen LogP contribution is -1.94. The molecule has 1 heterocycles. The molecular weight excluding hydrogens is 342 g/mol. The molecule has 0 aliphatic carbocycles. The van der Waals surface area contributed by atoms with Crippen molar-refractivity contribution >= 4 is 28.6 Å². The number of pyridine rings is 1. The SMILES string of the molecule is O=C(O)CCCCCc1cccc(SCc2ccc3ccccc3n2)c1. The van der Waals surface area contributed by atoms with Gasteiger partial charge >= 0.3 is 5.97 Å². The number of carbonyl (C=O) groups is 1. The molecule has 0 aliphatic rings. The average molecular weight is 365 g/mol. The second kappa shape index (κ2) is 9.39. The number of fused-ring (bicyclic) bond motifs is 1. The molecule has 0 bridgehead atoms. The number of nitrogens with zero attached hydrogens (tertiary/aromatic N) is 1. The van der Waals surface area contributed by atoms with Gasteiger partial charge in [-0.05, 0) is 49.1 Å². The average Bonchev–Trinajstić information content (AvgIpc) is 2.66. The number of hydrogen-bond acceptors (Lipinski definition) is 3. The van der Waals surface area contributed by atoms with Crippen LogP contribution in [0, 0.1) is 0 Å². The summed E-state index contributed by atoms with van der Waals surface area (Å²) < 4.78 is 0. The molecule has 1 aromatic heterocycles. The molecule has 134 valence electrons. The normalized spacial score (nSPS) is 10.9. The number of aromatic nitrogens is 1. The topological polar surface area (TPSA) is 50.2 Å². The van der Waals surface area contributed by atoms with Gasteiger partial charge in [-0.3, -0.25) is 9.78 Å². The van der Waals surface area contributed by atoms with E-state index < -0.39 is 5.97 Å². The van der Waals surface area contributed by atoms with Crippen molar-refractivity contribution in [2.45, 2.75) is 42.8 Å². The maximum Gasteiger partial charge on any atom is 0.303 e. The number of carboxylic acids is 1. The molecule has 26 heavy (non-hydrogen) atoms. The third-order valence-electron chi connectivity index (χ3n) is 4.30. The summed E-state index contributed by atoms with van der Waals surface area (Å²) in [5.74, 6) is 0.151. The fraction of sp³-hybridized carbons (Fsp3) is 0.273. The van der Waals surface area contributed by atoms with E-state index in [-0.39, 0.29) is 6.42 Å². The van der Waals surface area contributed by atoms with Crippen LogP contribution < -0.4 is 0 Å². The van der Waals surface area contributed by atoms with Gasteiger partial charge in [0.1, 0.15) is 0 Å². The Labute approximate surface area is 158 Å². The van der Waals surface area contributed by atoms with Crippen molar-refractivity contribution in [3.63, 3.8) is 0 Å². The molecular formula is C22H23NO2S. The third kappa shape index (κ3) is 5.60. The molecule has 2 aromatic carbocycles. The van der Waals surface area contributed by atoms with Crippen LogP contribution in [0.3, 0.4) is 0 Å². The molecule has 3 aromatic rings. The molecule has 3 rings (SSSR count). The lowest BCUT2D eigenvalue weighted by atomic mass is 10.1. The summed E-state index contributed by atoms with van der Waals surface area (Å²) >= 11 is 1.80. The second-order valence-electron chi connectivity index (χ2n) is 6.39. The highest BCUT2D eigenvalue weighted by Gasteiger charge is 2.02. The first-order valence-corrected chi connectivity index (χ1v) is 9.97. The van der Waals surface area contributed by atoms with E-state index in [0.717, 1.165) is 42.6 Å². The fourth-order valence-corrected chi connectivity index (χ4v) is 3.80. The van der Waals surface area contributed by atoms with E-state index in [1.165, 1.54) is 15.8 Å². The molecule has 3 nitrogen and oxygen atoms in total. The zero-order valence-corrected chi connectivity index (χ0v) is 15.5. The number of unbranched alkanes of at least 4 members (excludes halogenated alkanes) is 2. The minimum Gasteiger partial charge on any atom is -0.481 e. The molecule has 4 heteroatoms. The van der Waals surface area contributed by atoms with Crippen LogP contribution in [-0.2, 0) is 17.0 Å². The molecule has 0 fully saturated rings. The van der Waals surface area contributed by atoms with Gasteiger partial charge in [0, 0.05) is 22.5 Å². The van der Waals surface area contributed by atoms with Crippen LogP contribution >= 0.6 is 11.8 Å². The first-order valence-electron chi connectivity index (χ1n) is 8.99. The van der Waals surface area contributed by atoms with Crippen molar-refractivity contribution in [3.05, 3.63) is 71.9 Å². The largest absolute Gasteiger partial charge is 0.481 e. The fourth-order valence-electron chi connectivity index (χ4n) is 2.92. The van der Waals surface area contributed by atoms with Gasteiger partial charge in [-0.15, -0.1) is 11.8 Å². The molecule has 0 unspecified atom stereocenters.